The number of aromatic nitrogens is 1. The van der Waals surface area contributed by atoms with Gasteiger partial charge >= 0.3 is 0 Å². The third kappa shape index (κ3) is 4.12. The highest BCUT2D eigenvalue weighted by Crippen LogP contribution is 2.34. The van der Waals surface area contributed by atoms with Gasteiger partial charge in [0.2, 0.25) is 0 Å². The number of thiazole rings is 1. The van der Waals surface area contributed by atoms with E-state index in [1.54, 1.807) is 0 Å². The molecular weight excluding hydrogens is 370 g/mol. The van der Waals surface area contributed by atoms with Crippen molar-refractivity contribution in [2.75, 3.05) is 64.1 Å². The number of piperidine rings is 1. The highest BCUT2D eigenvalue weighted by atomic mass is 32.1. The van der Waals surface area contributed by atoms with Crippen molar-refractivity contribution < 1.29 is 23.7 Å². The van der Waals surface area contributed by atoms with Crippen LogP contribution in [0.25, 0.3) is 0 Å². The lowest BCUT2D eigenvalue weighted by Gasteiger charge is -2.37. The highest BCUT2D eigenvalue weighted by Gasteiger charge is 2.41. The topological polar surface area (TPSA) is 73.4 Å². The first-order valence-electron chi connectivity index (χ1n) is 9.68. The van der Waals surface area contributed by atoms with Crippen molar-refractivity contribution in [1.82, 2.24) is 9.88 Å². The summed E-state index contributed by atoms with van der Waals surface area (Å²) in [5.41, 5.74) is 0.738. The summed E-state index contributed by atoms with van der Waals surface area (Å²) in [5, 5.41) is 0.882. The summed E-state index contributed by atoms with van der Waals surface area (Å²) in [6.07, 6.45) is 1.43. The number of nitrogens with zero attached hydrogens (tertiary/aromatic N) is 3. The van der Waals surface area contributed by atoms with Crippen molar-refractivity contribution in [3.63, 3.8) is 0 Å². The monoisotopic (exact) mass is 397 g/mol. The van der Waals surface area contributed by atoms with Gasteiger partial charge in [0.05, 0.1) is 38.7 Å². The van der Waals surface area contributed by atoms with E-state index in [0.29, 0.717) is 70.4 Å². The lowest BCUT2D eigenvalue weighted by molar-refractivity contribution is -0.181. The van der Waals surface area contributed by atoms with Gasteiger partial charge in [0, 0.05) is 45.6 Å². The van der Waals surface area contributed by atoms with Crippen molar-refractivity contribution in [2.45, 2.75) is 32.2 Å². The average molecular weight is 397 g/mol. The molecule has 27 heavy (non-hydrogen) atoms. The Kier molecular flexibility index (Phi) is 5.93. The summed E-state index contributed by atoms with van der Waals surface area (Å²) in [7, 11) is 0. The molecule has 150 valence electrons. The fraction of sp³-hybridized carbons (Fsp3) is 0.778. The van der Waals surface area contributed by atoms with E-state index < -0.39 is 5.79 Å². The second-order valence-electron chi connectivity index (χ2n) is 6.91. The molecule has 4 heterocycles. The first-order valence-corrected chi connectivity index (χ1v) is 10.5. The van der Waals surface area contributed by atoms with Crippen molar-refractivity contribution in [3.8, 4) is 0 Å². The molecule has 4 rings (SSSR count). The van der Waals surface area contributed by atoms with E-state index in [0.717, 1.165) is 23.9 Å². The molecule has 3 saturated heterocycles. The van der Waals surface area contributed by atoms with Crippen LogP contribution in [0.2, 0.25) is 0 Å². The Morgan fingerprint density at radius 1 is 1.15 bits per heavy atom. The zero-order valence-electron chi connectivity index (χ0n) is 15.8. The minimum Gasteiger partial charge on any atom is -0.378 e. The fourth-order valence-electron chi connectivity index (χ4n) is 3.67. The molecule has 3 aliphatic rings. The number of ether oxygens (including phenoxy) is 4. The second-order valence-corrected chi connectivity index (χ2v) is 7.89. The molecule has 0 radical (unpaired) electrons. The zero-order chi connectivity index (χ0) is 18.7. The minimum absolute atomic E-state index is 0.0366. The predicted molar refractivity (Wildman–Crippen MR) is 100 cm³/mol. The Morgan fingerprint density at radius 3 is 2.52 bits per heavy atom. The van der Waals surface area contributed by atoms with E-state index in [9.17, 15) is 4.79 Å². The number of anilines is 1. The summed E-state index contributed by atoms with van der Waals surface area (Å²) >= 11 is 1.47. The van der Waals surface area contributed by atoms with Gasteiger partial charge in [-0.15, -0.1) is 0 Å². The van der Waals surface area contributed by atoms with Crippen LogP contribution in [0.1, 0.15) is 35.1 Å². The molecule has 8 nitrogen and oxygen atoms in total. The average Bonchev–Trinajstić information content (AvgIpc) is 3.34. The quantitative estimate of drug-likeness (QED) is 0.745. The molecular formula is C18H27N3O5S. The van der Waals surface area contributed by atoms with Gasteiger partial charge in [0.25, 0.3) is 5.91 Å². The molecule has 1 aromatic heterocycles. The minimum atomic E-state index is -0.475. The highest BCUT2D eigenvalue weighted by molar-refractivity contribution is 7.17. The first-order chi connectivity index (χ1) is 13.2. The molecule has 0 aromatic carbocycles. The van der Waals surface area contributed by atoms with Crippen LogP contribution in [0, 0.1) is 0 Å². The third-order valence-corrected chi connectivity index (χ3v) is 6.38. The summed E-state index contributed by atoms with van der Waals surface area (Å²) in [4.78, 5) is 22.7. The van der Waals surface area contributed by atoms with Crippen molar-refractivity contribution in [1.29, 1.82) is 0 Å². The smallest absolute Gasteiger partial charge is 0.266 e. The number of hydrogen-bond acceptors (Lipinski definition) is 8. The van der Waals surface area contributed by atoms with Crippen LogP contribution in [-0.2, 0) is 25.6 Å². The maximum atomic E-state index is 13.2. The van der Waals surface area contributed by atoms with Crippen LogP contribution in [0.3, 0.4) is 0 Å². The first kappa shape index (κ1) is 19.1. The van der Waals surface area contributed by atoms with Crippen molar-refractivity contribution in [3.05, 3.63) is 10.6 Å². The summed E-state index contributed by atoms with van der Waals surface area (Å²) in [6, 6.07) is 0. The second kappa shape index (κ2) is 8.40. The molecule has 0 N–H and O–H groups in total. The Hall–Kier alpha value is -1.26. The lowest BCUT2D eigenvalue weighted by Crippen LogP contribution is -2.47. The third-order valence-electron chi connectivity index (χ3n) is 5.23. The van der Waals surface area contributed by atoms with E-state index in [-0.39, 0.29) is 5.91 Å². The predicted octanol–water partition coefficient (Wildman–Crippen LogP) is 1.50. The number of hydrogen-bond donors (Lipinski definition) is 0. The Morgan fingerprint density at radius 2 is 1.85 bits per heavy atom. The van der Waals surface area contributed by atoms with E-state index in [2.05, 4.69) is 4.90 Å². The maximum Gasteiger partial charge on any atom is 0.266 e. The number of likely N-dealkylation sites (tertiary alicyclic amines) is 1. The molecule has 1 aromatic rings. The largest absolute Gasteiger partial charge is 0.378 e. The van der Waals surface area contributed by atoms with Gasteiger partial charge in [0.1, 0.15) is 4.88 Å². The van der Waals surface area contributed by atoms with Crippen LogP contribution < -0.4 is 4.90 Å². The molecule has 0 atom stereocenters. The van der Waals surface area contributed by atoms with E-state index >= 15 is 0 Å². The molecule has 3 aliphatic heterocycles. The lowest BCUT2D eigenvalue weighted by atomic mass is 10.0. The van der Waals surface area contributed by atoms with Gasteiger partial charge in [-0.05, 0) is 6.92 Å². The number of rotatable bonds is 5. The maximum absolute atomic E-state index is 13.2. The van der Waals surface area contributed by atoms with Crippen LogP contribution in [0.15, 0.2) is 0 Å². The van der Waals surface area contributed by atoms with Gasteiger partial charge in [-0.1, -0.05) is 11.3 Å². The van der Waals surface area contributed by atoms with Gasteiger partial charge < -0.3 is 28.7 Å². The molecule has 9 heteroatoms. The summed E-state index contributed by atoms with van der Waals surface area (Å²) in [6.45, 7) is 8.45. The standard InChI is InChI=1S/C18H27N3O5S/c1-2-23-13-14-15(27-17(19-14)21-7-9-24-10-8-21)16(22)20-5-3-18(4-6-20)25-11-12-26-18/h2-13H2,1H3. The molecule has 3 fully saturated rings. The molecule has 1 spiro atoms. The van der Waals surface area contributed by atoms with Gasteiger partial charge in [-0.3, -0.25) is 4.79 Å². The summed E-state index contributed by atoms with van der Waals surface area (Å²) in [5.74, 6) is -0.438. The van der Waals surface area contributed by atoms with Gasteiger partial charge in [-0.2, -0.15) is 0 Å². The number of carbonyl (C=O) groups is 1. The van der Waals surface area contributed by atoms with Crippen LogP contribution in [0.5, 0.6) is 0 Å². The SMILES string of the molecule is CCOCc1nc(N2CCOCC2)sc1C(=O)N1CCC2(CC1)OCCO2. The number of morpholine rings is 1. The van der Waals surface area contributed by atoms with Crippen molar-refractivity contribution >= 4 is 22.4 Å². The zero-order valence-corrected chi connectivity index (χ0v) is 16.6. The molecule has 0 unspecified atom stereocenters. The van der Waals surface area contributed by atoms with E-state index in [4.69, 9.17) is 23.9 Å². The molecule has 0 bridgehead atoms. The van der Waals surface area contributed by atoms with Gasteiger partial charge in [-0.25, -0.2) is 4.98 Å². The van der Waals surface area contributed by atoms with Crippen molar-refractivity contribution in [2.24, 2.45) is 0 Å². The molecule has 1 amide bonds. The number of amides is 1. The van der Waals surface area contributed by atoms with Gasteiger partial charge in [0.15, 0.2) is 10.9 Å². The molecule has 0 aliphatic carbocycles. The van der Waals surface area contributed by atoms with Crippen LogP contribution in [0.4, 0.5) is 5.13 Å². The molecule has 0 saturated carbocycles. The van der Waals surface area contributed by atoms with Crippen LogP contribution >= 0.6 is 11.3 Å². The van der Waals surface area contributed by atoms with E-state index in [1.165, 1.54) is 11.3 Å². The normalized spacial score (nSPS) is 22.6. The Balaban J connectivity index is 1.48. The summed E-state index contributed by atoms with van der Waals surface area (Å²) < 4.78 is 22.5. The number of carbonyl (C=O) groups excluding carboxylic acids is 1. The van der Waals surface area contributed by atoms with E-state index in [1.807, 2.05) is 11.8 Å². The Bertz CT molecular complexity index is 645. The Labute approximate surface area is 163 Å². The van der Waals surface area contributed by atoms with Crippen LogP contribution in [-0.4, -0.2) is 80.8 Å². The fourth-order valence-corrected chi connectivity index (χ4v) is 4.76.